The molecule has 0 spiro atoms. The summed E-state index contributed by atoms with van der Waals surface area (Å²) < 4.78 is 0. The third kappa shape index (κ3) is 3.73. The molecule has 1 atom stereocenters. The van der Waals surface area contributed by atoms with Crippen LogP contribution in [0.2, 0.25) is 0 Å². The smallest absolute Gasteiger partial charge is 0.305 e. The zero-order valence-electron chi connectivity index (χ0n) is 13.1. The van der Waals surface area contributed by atoms with Crippen molar-refractivity contribution in [3.63, 3.8) is 0 Å². The molecule has 0 aromatic carbocycles. The Hall–Kier alpha value is -0.610. The number of likely N-dealkylation sites (tertiary alicyclic amines) is 2. The summed E-state index contributed by atoms with van der Waals surface area (Å²) in [5.41, 5.74) is -0.0874. The number of aliphatic carboxylic acids is 1. The van der Waals surface area contributed by atoms with Crippen molar-refractivity contribution in [3.05, 3.63) is 0 Å². The van der Waals surface area contributed by atoms with Gasteiger partial charge in [-0.3, -0.25) is 9.69 Å². The highest BCUT2D eigenvalue weighted by atomic mass is 16.4. The standard InChI is InChI=1S/C16H30N2O2/c1-14(2)17-9-6-7-16(8-12-17,13-15(19)20)18-10-4-3-5-11-18/h14H,3-13H2,1-2H3,(H,19,20). The molecule has 0 saturated carbocycles. The summed E-state index contributed by atoms with van der Waals surface area (Å²) in [4.78, 5) is 16.4. The quantitative estimate of drug-likeness (QED) is 0.860. The molecule has 116 valence electrons. The van der Waals surface area contributed by atoms with Gasteiger partial charge >= 0.3 is 5.97 Å². The van der Waals surface area contributed by atoms with Crippen LogP contribution in [0.3, 0.4) is 0 Å². The second kappa shape index (κ2) is 6.90. The maximum Gasteiger partial charge on any atom is 0.305 e. The topological polar surface area (TPSA) is 43.8 Å². The lowest BCUT2D eigenvalue weighted by atomic mass is 9.83. The average Bonchev–Trinajstić information content (AvgIpc) is 2.63. The SMILES string of the molecule is CC(C)N1CCCC(CC(=O)O)(N2CCCCC2)CC1. The Balaban J connectivity index is 2.11. The van der Waals surface area contributed by atoms with Gasteiger partial charge in [0.15, 0.2) is 0 Å². The summed E-state index contributed by atoms with van der Waals surface area (Å²) in [7, 11) is 0. The van der Waals surface area contributed by atoms with Gasteiger partial charge in [-0.1, -0.05) is 6.42 Å². The molecule has 2 saturated heterocycles. The van der Waals surface area contributed by atoms with Gasteiger partial charge < -0.3 is 10.0 Å². The highest BCUT2D eigenvalue weighted by molar-refractivity contribution is 5.68. The molecule has 0 bridgehead atoms. The number of carboxylic acid groups (broad SMARTS) is 1. The Morgan fingerprint density at radius 1 is 1.05 bits per heavy atom. The van der Waals surface area contributed by atoms with E-state index in [0.717, 1.165) is 45.4 Å². The van der Waals surface area contributed by atoms with Gasteiger partial charge in [-0.15, -0.1) is 0 Å². The van der Waals surface area contributed by atoms with Gasteiger partial charge in [0.05, 0.1) is 6.42 Å². The average molecular weight is 282 g/mol. The molecule has 0 radical (unpaired) electrons. The molecule has 2 aliphatic rings. The van der Waals surface area contributed by atoms with Crippen LogP contribution in [-0.4, -0.2) is 58.6 Å². The second-order valence-electron chi connectivity index (χ2n) is 6.83. The first-order valence-corrected chi connectivity index (χ1v) is 8.24. The van der Waals surface area contributed by atoms with E-state index < -0.39 is 5.97 Å². The molecule has 4 nitrogen and oxygen atoms in total. The Morgan fingerprint density at radius 2 is 1.75 bits per heavy atom. The first kappa shape index (κ1) is 15.8. The number of carbonyl (C=O) groups is 1. The summed E-state index contributed by atoms with van der Waals surface area (Å²) in [6.45, 7) is 8.83. The molecule has 2 heterocycles. The molecular weight excluding hydrogens is 252 g/mol. The molecule has 1 N–H and O–H groups in total. The van der Waals surface area contributed by atoms with Gasteiger partial charge in [-0.05, 0) is 65.6 Å². The molecule has 0 aliphatic carbocycles. The number of nitrogens with zero attached hydrogens (tertiary/aromatic N) is 2. The van der Waals surface area contributed by atoms with Crippen molar-refractivity contribution in [2.75, 3.05) is 26.2 Å². The maximum absolute atomic E-state index is 11.4. The van der Waals surface area contributed by atoms with Crippen LogP contribution in [0.25, 0.3) is 0 Å². The van der Waals surface area contributed by atoms with Crippen molar-refractivity contribution in [1.82, 2.24) is 9.80 Å². The molecule has 2 fully saturated rings. The molecular formula is C16H30N2O2. The minimum absolute atomic E-state index is 0.0874. The minimum Gasteiger partial charge on any atom is -0.481 e. The summed E-state index contributed by atoms with van der Waals surface area (Å²) in [6, 6.07) is 0.567. The molecule has 2 rings (SSSR count). The van der Waals surface area contributed by atoms with Crippen LogP contribution in [-0.2, 0) is 4.79 Å². The zero-order chi connectivity index (χ0) is 14.6. The number of hydrogen-bond acceptors (Lipinski definition) is 3. The molecule has 4 heteroatoms. The van der Waals surface area contributed by atoms with Crippen LogP contribution >= 0.6 is 0 Å². The summed E-state index contributed by atoms with van der Waals surface area (Å²) in [5, 5.41) is 9.39. The molecule has 1 unspecified atom stereocenters. The highest BCUT2D eigenvalue weighted by Gasteiger charge is 2.40. The van der Waals surface area contributed by atoms with E-state index in [1.165, 1.54) is 19.3 Å². The molecule has 0 amide bonds. The number of rotatable bonds is 4. The first-order valence-electron chi connectivity index (χ1n) is 8.24. The van der Waals surface area contributed by atoms with Crippen LogP contribution < -0.4 is 0 Å². The monoisotopic (exact) mass is 282 g/mol. The maximum atomic E-state index is 11.4. The van der Waals surface area contributed by atoms with Gasteiger partial charge in [-0.25, -0.2) is 0 Å². The Bertz CT molecular complexity index is 326. The van der Waals surface area contributed by atoms with E-state index in [9.17, 15) is 9.90 Å². The number of carboxylic acids is 1. The molecule has 20 heavy (non-hydrogen) atoms. The normalized spacial score (nSPS) is 30.4. The van der Waals surface area contributed by atoms with Crippen molar-refractivity contribution < 1.29 is 9.90 Å². The number of piperidine rings is 1. The van der Waals surface area contributed by atoms with Crippen LogP contribution in [0.5, 0.6) is 0 Å². The number of hydrogen-bond donors (Lipinski definition) is 1. The van der Waals surface area contributed by atoms with Gasteiger partial charge in [0.1, 0.15) is 0 Å². The van der Waals surface area contributed by atoms with Gasteiger partial charge in [-0.2, -0.15) is 0 Å². The van der Waals surface area contributed by atoms with E-state index in [-0.39, 0.29) is 5.54 Å². The van der Waals surface area contributed by atoms with Crippen LogP contribution in [0.4, 0.5) is 0 Å². The van der Waals surface area contributed by atoms with E-state index in [1.807, 2.05) is 0 Å². The van der Waals surface area contributed by atoms with E-state index in [4.69, 9.17) is 0 Å². The van der Waals surface area contributed by atoms with E-state index >= 15 is 0 Å². The third-order valence-corrected chi connectivity index (χ3v) is 5.19. The second-order valence-corrected chi connectivity index (χ2v) is 6.83. The fourth-order valence-corrected chi connectivity index (χ4v) is 3.97. The Kier molecular flexibility index (Phi) is 5.44. The van der Waals surface area contributed by atoms with Crippen molar-refractivity contribution in [2.24, 2.45) is 0 Å². The lowest BCUT2D eigenvalue weighted by Crippen LogP contribution is -2.52. The largest absolute Gasteiger partial charge is 0.481 e. The lowest BCUT2D eigenvalue weighted by molar-refractivity contribution is -0.141. The van der Waals surface area contributed by atoms with E-state index in [2.05, 4.69) is 23.6 Å². The van der Waals surface area contributed by atoms with Gasteiger partial charge in [0, 0.05) is 18.1 Å². The summed E-state index contributed by atoms with van der Waals surface area (Å²) in [6.07, 6.45) is 7.27. The van der Waals surface area contributed by atoms with E-state index in [1.54, 1.807) is 0 Å². The van der Waals surface area contributed by atoms with Crippen molar-refractivity contribution in [1.29, 1.82) is 0 Å². The van der Waals surface area contributed by atoms with Crippen molar-refractivity contribution in [3.8, 4) is 0 Å². The highest BCUT2D eigenvalue weighted by Crippen LogP contribution is 2.35. The van der Waals surface area contributed by atoms with Crippen molar-refractivity contribution in [2.45, 2.75) is 70.4 Å². The third-order valence-electron chi connectivity index (χ3n) is 5.19. The predicted octanol–water partition coefficient (Wildman–Crippen LogP) is 2.58. The Labute approximate surface area is 123 Å². The van der Waals surface area contributed by atoms with Crippen LogP contribution in [0.1, 0.15) is 58.8 Å². The summed E-state index contributed by atoms with van der Waals surface area (Å²) >= 11 is 0. The Morgan fingerprint density at radius 3 is 2.35 bits per heavy atom. The van der Waals surface area contributed by atoms with E-state index in [0.29, 0.717) is 12.5 Å². The predicted molar refractivity (Wildman–Crippen MR) is 81.0 cm³/mol. The fourth-order valence-electron chi connectivity index (χ4n) is 3.97. The fraction of sp³-hybridized carbons (Fsp3) is 0.938. The van der Waals surface area contributed by atoms with Gasteiger partial charge in [0.2, 0.25) is 0 Å². The lowest BCUT2D eigenvalue weighted by Gasteiger charge is -2.45. The summed E-state index contributed by atoms with van der Waals surface area (Å²) in [5.74, 6) is -0.631. The molecule has 0 aromatic rings. The van der Waals surface area contributed by atoms with Gasteiger partial charge in [0.25, 0.3) is 0 Å². The molecule has 0 aromatic heterocycles. The van der Waals surface area contributed by atoms with Crippen LogP contribution in [0, 0.1) is 0 Å². The van der Waals surface area contributed by atoms with Crippen LogP contribution in [0.15, 0.2) is 0 Å². The zero-order valence-corrected chi connectivity index (χ0v) is 13.1. The minimum atomic E-state index is -0.631. The molecule has 2 aliphatic heterocycles. The van der Waals surface area contributed by atoms with Crippen molar-refractivity contribution >= 4 is 5.97 Å². The first-order chi connectivity index (χ1) is 9.53.